The Kier molecular flexibility index (Phi) is 2.98. The van der Waals surface area contributed by atoms with Crippen molar-refractivity contribution in [1.82, 2.24) is 9.55 Å². The third-order valence-electron chi connectivity index (χ3n) is 2.25. The number of hydrogen-bond donors (Lipinski definition) is 0. The van der Waals surface area contributed by atoms with Gasteiger partial charge in [0, 0.05) is 16.8 Å². The first-order valence-corrected chi connectivity index (χ1v) is 6.14. The minimum absolute atomic E-state index is 0.855. The van der Waals surface area contributed by atoms with Crippen LogP contribution < -0.4 is 0 Å². The molecule has 2 aromatic heterocycles. The first-order valence-electron chi connectivity index (χ1n) is 4.86. The zero-order chi connectivity index (χ0) is 10.8. The summed E-state index contributed by atoms with van der Waals surface area (Å²) >= 11 is 6.85. The van der Waals surface area contributed by atoms with Crippen LogP contribution in [0.5, 0.6) is 0 Å². The zero-order valence-electron chi connectivity index (χ0n) is 8.73. The maximum atomic E-state index is 5.28. The van der Waals surface area contributed by atoms with Crippen LogP contribution >= 0.6 is 23.6 Å². The fourth-order valence-electron chi connectivity index (χ4n) is 1.45. The molecule has 0 N–H and O–H groups in total. The third-order valence-corrected chi connectivity index (χ3v) is 3.56. The molecule has 0 saturated heterocycles. The van der Waals surface area contributed by atoms with E-state index in [-0.39, 0.29) is 0 Å². The van der Waals surface area contributed by atoms with Gasteiger partial charge in [0.25, 0.3) is 0 Å². The van der Waals surface area contributed by atoms with Crippen LogP contribution in [0, 0.1) is 10.9 Å². The van der Waals surface area contributed by atoms with Gasteiger partial charge in [-0.05, 0) is 37.7 Å². The van der Waals surface area contributed by atoms with Crippen molar-refractivity contribution >= 4 is 23.6 Å². The van der Waals surface area contributed by atoms with Crippen molar-refractivity contribution in [2.45, 2.75) is 20.3 Å². The van der Waals surface area contributed by atoms with Crippen LogP contribution in [0.15, 0.2) is 23.6 Å². The summed E-state index contributed by atoms with van der Waals surface area (Å²) in [6.45, 7) is 4.15. The lowest BCUT2D eigenvalue weighted by molar-refractivity contribution is 0.918. The van der Waals surface area contributed by atoms with Crippen molar-refractivity contribution in [2.24, 2.45) is 0 Å². The molecule has 4 heteroatoms. The average molecular weight is 236 g/mol. The summed E-state index contributed by atoms with van der Waals surface area (Å²) in [5.41, 5.74) is 2.24. The van der Waals surface area contributed by atoms with Gasteiger partial charge in [0.2, 0.25) is 0 Å². The van der Waals surface area contributed by atoms with Gasteiger partial charge in [0.1, 0.15) is 5.82 Å². The predicted molar refractivity (Wildman–Crippen MR) is 66.4 cm³/mol. The third kappa shape index (κ3) is 2.01. The van der Waals surface area contributed by atoms with Crippen molar-refractivity contribution in [3.63, 3.8) is 0 Å². The number of aromatic nitrogens is 2. The first-order chi connectivity index (χ1) is 7.22. The molecule has 0 atom stereocenters. The molecule has 0 spiro atoms. The highest BCUT2D eigenvalue weighted by Crippen LogP contribution is 2.16. The van der Waals surface area contributed by atoms with Crippen molar-refractivity contribution in [3.05, 3.63) is 38.9 Å². The van der Waals surface area contributed by atoms with Gasteiger partial charge >= 0.3 is 0 Å². The van der Waals surface area contributed by atoms with Gasteiger partial charge in [-0.25, -0.2) is 4.98 Å². The topological polar surface area (TPSA) is 17.8 Å². The number of hydrogen-bond acceptors (Lipinski definition) is 3. The van der Waals surface area contributed by atoms with Crippen LogP contribution in [0.1, 0.15) is 18.3 Å². The van der Waals surface area contributed by atoms with Gasteiger partial charge in [-0.1, -0.05) is 13.0 Å². The molecule has 0 aliphatic rings. The van der Waals surface area contributed by atoms with Gasteiger partial charge in [0.15, 0.2) is 3.95 Å². The molecule has 2 aromatic rings. The van der Waals surface area contributed by atoms with E-state index in [0.717, 1.165) is 27.6 Å². The Hall–Kier alpha value is -1.00. The van der Waals surface area contributed by atoms with Crippen LogP contribution in [0.2, 0.25) is 0 Å². The molecule has 0 aromatic carbocycles. The maximum absolute atomic E-state index is 5.28. The lowest BCUT2D eigenvalue weighted by Crippen LogP contribution is -2.00. The summed E-state index contributed by atoms with van der Waals surface area (Å²) in [6, 6.07) is 6.06. The van der Waals surface area contributed by atoms with Gasteiger partial charge in [0.05, 0.1) is 0 Å². The minimum atomic E-state index is 0.855. The highest BCUT2D eigenvalue weighted by Gasteiger charge is 2.04. The zero-order valence-corrected chi connectivity index (χ0v) is 10.4. The molecular formula is C11H12N2S2. The van der Waals surface area contributed by atoms with Crippen LogP contribution in [0.4, 0.5) is 0 Å². The second kappa shape index (κ2) is 4.24. The molecule has 78 valence electrons. The molecule has 2 heterocycles. The Bertz CT molecular complexity index is 525. The summed E-state index contributed by atoms with van der Waals surface area (Å²) in [5.74, 6) is 0.929. The van der Waals surface area contributed by atoms with Crippen LogP contribution in [-0.2, 0) is 6.42 Å². The van der Waals surface area contributed by atoms with Crippen molar-refractivity contribution in [3.8, 4) is 5.82 Å². The van der Waals surface area contributed by atoms with E-state index in [1.807, 2.05) is 29.7 Å². The lowest BCUT2D eigenvalue weighted by Gasteiger charge is -2.05. The van der Waals surface area contributed by atoms with E-state index in [4.69, 9.17) is 12.2 Å². The van der Waals surface area contributed by atoms with Crippen molar-refractivity contribution in [2.75, 3.05) is 0 Å². The van der Waals surface area contributed by atoms with Gasteiger partial charge in [-0.15, -0.1) is 11.3 Å². The molecular weight excluding hydrogens is 224 g/mol. The first kappa shape index (κ1) is 10.5. The maximum Gasteiger partial charge on any atom is 0.167 e. The quantitative estimate of drug-likeness (QED) is 0.742. The monoisotopic (exact) mass is 236 g/mol. The molecule has 0 aliphatic carbocycles. The molecule has 0 amide bonds. The second-order valence-electron chi connectivity index (χ2n) is 3.32. The molecule has 0 radical (unpaired) electrons. The smallest absolute Gasteiger partial charge is 0.167 e. The summed E-state index contributed by atoms with van der Waals surface area (Å²) in [6.07, 6.45) is 0.949. The Balaban J connectivity index is 2.59. The largest absolute Gasteiger partial charge is 0.280 e. The number of thiazole rings is 1. The standard InChI is InChI=1S/C11H12N2S2/c1-3-9-5-4-6-10(12-9)13-8(2)7-15-11(13)14/h4-7H,3H2,1-2H3. The van der Waals surface area contributed by atoms with Gasteiger partial charge < -0.3 is 0 Å². The van der Waals surface area contributed by atoms with Crippen molar-refractivity contribution < 1.29 is 0 Å². The van der Waals surface area contributed by atoms with E-state index < -0.39 is 0 Å². The molecule has 0 fully saturated rings. The molecule has 0 aliphatic heterocycles. The number of aryl methyl sites for hydroxylation is 2. The fraction of sp³-hybridized carbons (Fsp3) is 0.273. The fourth-order valence-corrected chi connectivity index (χ4v) is 2.55. The Labute approximate surface area is 98.2 Å². The molecule has 15 heavy (non-hydrogen) atoms. The highest BCUT2D eigenvalue weighted by molar-refractivity contribution is 7.73. The second-order valence-corrected chi connectivity index (χ2v) is 4.82. The Morgan fingerprint density at radius 2 is 2.27 bits per heavy atom. The molecule has 0 saturated carbocycles. The van der Waals surface area contributed by atoms with E-state index in [1.165, 1.54) is 0 Å². The van der Waals surface area contributed by atoms with E-state index in [2.05, 4.69) is 17.3 Å². The van der Waals surface area contributed by atoms with Gasteiger partial charge in [-0.3, -0.25) is 4.57 Å². The normalized spacial score (nSPS) is 10.5. The summed E-state index contributed by atoms with van der Waals surface area (Å²) in [4.78, 5) is 4.56. The molecule has 2 rings (SSSR count). The number of pyridine rings is 1. The molecule has 2 nitrogen and oxygen atoms in total. The highest BCUT2D eigenvalue weighted by atomic mass is 32.1. The number of nitrogens with zero attached hydrogens (tertiary/aromatic N) is 2. The summed E-state index contributed by atoms with van der Waals surface area (Å²) in [5, 5.41) is 2.06. The van der Waals surface area contributed by atoms with Crippen LogP contribution in [0.3, 0.4) is 0 Å². The van der Waals surface area contributed by atoms with E-state index in [1.54, 1.807) is 11.3 Å². The lowest BCUT2D eigenvalue weighted by atomic mass is 10.3. The summed E-state index contributed by atoms with van der Waals surface area (Å²) < 4.78 is 2.87. The molecule has 0 unspecified atom stereocenters. The van der Waals surface area contributed by atoms with E-state index in [9.17, 15) is 0 Å². The number of rotatable bonds is 2. The van der Waals surface area contributed by atoms with E-state index >= 15 is 0 Å². The molecule has 0 bridgehead atoms. The predicted octanol–water partition coefficient (Wildman–Crippen LogP) is 3.53. The van der Waals surface area contributed by atoms with Gasteiger partial charge in [-0.2, -0.15) is 0 Å². The Morgan fingerprint density at radius 1 is 1.47 bits per heavy atom. The minimum Gasteiger partial charge on any atom is -0.280 e. The van der Waals surface area contributed by atoms with Crippen molar-refractivity contribution in [1.29, 1.82) is 0 Å². The summed E-state index contributed by atoms with van der Waals surface area (Å²) in [7, 11) is 0. The average Bonchev–Trinajstić information content (AvgIpc) is 2.59. The van der Waals surface area contributed by atoms with Crippen LogP contribution in [0.25, 0.3) is 5.82 Å². The van der Waals surface area contributed by atoms with Crippen LogP contribution in [-0.4, -0.2) is 9.55 Å². The SMILES string of the molecule is CCc1cccc(-n2c(C)csc2=S)n1. The Morgan fingerprint density at radius 3 is 2.87 bits per heavy atom. The van der Waals surface area contributed by atoms with E-state index in [0.29, 0.717) is 0 Å².